The lowest BCUT2D eigenvalue weighted by Crippen LogP contribution is -2.02. The minimum Gasteiger partial charge on any atom is -0.309 e. The maximum atomic E-state index is 2.51. The van der Waals surface area contributed by atoms with Gasteiger partial charge >= 0.3 is 0 Å². The molecule has 2 heterocycles. The highest BCUT2D eigenvalue weighted by Gasteiger charge is 2.23. The Morgan fingerprint density at radius 1 is 0.206 bits per heavy atom. The molecule has 2 heteroatoms. The maximum Gasteiger partial charge on any atom is 0.0619 e. The topological polar surface area (TPSA) is 9.86 Å². The third-order valence-electron chi connectivity index (χ3n) is 13.7. The van der Waals surface area contributed by atoms with Crippen LogP contribution >= 0.6 is 0 Å². The van der Waals surface area contributed by atoms with Crippen molar-refractivity contribution in [2.45, 2.75) is 0 Å². The first kappa shape index (κ1) is 39.4. The molecule has 13 aromatic rings. The zero-order chi connectivity index (χ0) is 45.0. The van der Waals surface area contributed by atoms with Crippen molar-refractivity contribution < 1.29 is 0 Å². The number of hydrogen-bond donors (Lipinski definition) is 0. The molecule has 0 radical (unpaired) electrons. The van der Waals surface area contributed by atoms with E-state index in [1.165, 1.54) is 105 Å². The first-order valence-corrected chi connectivity index (χ1v) is 23.4. The van der Waals surface area contributed by atoms with Crippen LogP contribution in [0.1, 0.15) is 0 Å². The largest absolute Gasteiger partial charge is 0.309 e. The molecule has 0 spiro atoms. The summed E-state index contributed by atoms with van der Waals surface area (Å²) < 4.78 is 4.97. The molecule has 0 atom stereocenters. The monoisotopic (exact) mass is 864 g/mol. The summed E-state index contributed by atoms with van der Waals surface area (Å²) >= 11 is 0. The molecule has 0 aliphatic heterocycles. The molecule has 0 amide bonds. The first-order valence-electron chi connectivity index (χ1n) is 23.4. The quantitative estimate of drug-likeness (QED) is 0.144. The molecule has 318 valence electrons. The van der Waals surface area contributed by atoms with Crippen LogP contribution in [-0.2, 0) is 0 Å². The van der Waals surface area contributed by atoms with E-state index in [9.17, 15) is 0 Å². The molecule has 0 fully saturated rings. The summed E-state index contributed by atoms with van der Waals surface area (Å²) in [5.41, 5.74) is 21.3. The fraction of sp³-hybridized carbons (Fsp3) is 0. The number of rotatable bonds is 8. The molecule has 0 N–H and O–H groups in total. The number of benzene rings is 11. The van der Waals surface area contributed by atoms with Gasteiger partial charge in [0.05, 0.1) is 27.8 Å². The molecule has 11 aromatic carbocycles. The minimum absolute atomic E-state index is 1.13. The molecular weight excluding hydrogens is 821 g/mol. The van der Waals surface area contributed by atoms with Crippen LogP contribution in [-0.4, -0.2) is 9.13 Å². The SMILES string of the molecule is c1ccc(-c2cc(-c3ccccc3)c(-n3c4ccccc4c4cc(-n5c6ccccc6c6cc(-c7c(-c8ccccc8)cccc7-c7ccccc7)ccc65)ccc43)c(-c3ccccc3)c2)cc1. The molecule has 0 unspecified atom stereocenters. The van der Waals surface area contributed by atoms with Gasteiger partial charge in [0.2, 0.25) is 0 Å². The van der Waals surface area contributed by atoms with Gasteiger partial charge in [-0.1, -0.05) is 212 Å². The summed E-state index contributed by atoms with van der Waals surface area (Å²) in [7, 11) is 0. The van der Waals surface area contributed by atoms with Gasteiger partial charge in [-0.25, -0.2) is 0 Å². The zero-order valence-electron chi connectivity index (χ0n) is 37.3. The van der Waals surface area contributed by atoms with E-state index in [1.54, 1.807) is 0 Å². The summed E-state index contributed by atoms with van der Waals surface area (Å²) in [6.07, 6.45) is 0. The Morgan fingerprint density at radius 3 is 1.13 bits per heavy atom. The fourth-order valence-corrected chi connectivity index (χ4v) is 10.7. The van der Waals surface area contributed by atoms with Gasteiger partial charge in [-0.05, 0) is 110 Å². The lowest BCUT2D eigenvalue weighted by atomic mass is 9.87. The van der Waals surface area contributed by atoms with Crippen molar-refractivity contribution in [3.05, 3.63) is 267 Å². The van der Waals surface area contributed by atoms with Crippen LogP contribution in [0.15, 0.2) is 267 Å². The van der Waals surface area contributed by atoms with E-state index in [4.69, 9.17) is 0 Å². The molecule has 2 nitrogen and oxygen atoms in total. The third kappa shape index (κ3) is 6.57. The average molecular weight is 865 g/mol. The smallest absolute Gasteiger partial charge is 0.0619 e. The van der Waals surface area contributed by atoms with Crippen LogP contribution in [0.25, 0.3) is 122 Å². The Morgan fingerprint density at radius 2 is 0.603 bits per heavy atom. The van der Waals surface area contributed by atoms with Crippen molar-refractivity contribution in [1.29, 1.82) is 0 Å². The summed E-state index contributed by atoms with van der Waals surface area (Å²) in [5, 5.41) is 4.86. The number of aromatic nitrogens is 2. The Labute approximate surface area is 395 Å². The summed E-state index contributed by atoms with van der Waals surface area (Å²) in [5.74, 6) is 0. The molecule has 13 rings (SSSR count). The Kier molecular flexibility index (Phi) is 9.54. The lowest BCUT2D eigenvalue weighted by Gasteiger charge is -2.21. The molecule has 68 heavy (non-hydrogen) atoms. The zero-order valence-corrected chi connectivity index (χ0v) is 37.3. The molecule has 0 bridgehead atoms. The highest BCUT2D eigenvalue weighted by molar-refractivity contribution is 6.14. The summed E-state index contributed by atoms with van der Waals surface area (Å²) in [6.45, 7) is 0. The Bertz CT molecular complexity index is 3860. The second-order valence-electron chi connectivity index (χ2n) is 17.6. The van der Waals surface area contributed by atoms with Crippen molar-refractivity contribution in [2.75, 3.05) is 0 Å². The summed E-state index contributed by atoms with van der Waals surface area (Å²) in [6, 6.07) is 97.5. The van der Waals surface area contributed by atoms with Crippen LogP contribution in [0.3, 0.4) is 0 Å². The first-order chi connectivity index (χ1) is 33.8. The average Bonchev–Trinajstić information content (AvgIpc) is 3.93. The van der Waals surface area contributed by atoms with Gasteiger partial charge in [-0.3, -0.25) is 0 Å². The molecule has 0 saturated carbocycles. The van der Waals surface area contributed by atoms with Crippen molar-refractivity contribution in [1.82, 2.24) is 9.13 Å². The van der Waals surface area contributed by atoms with Gasteiger partial charge in [0.25, 0.3) is 0 Å². The Balaban J connectivity index is 1.05. The third-order valence-corrected chi connectivity index (χ3v) is 13.7. The van der Waals surface area contributed by atoms with Crippen LogP contribution in [0, 0.1) is 0 Å². The van der Waals surface area contributed by atoms with Crippen molar-refractivity contribution in [3.8, 4) is 78.1 Å². The van der Waals surface area contributed by atoms with Crippen LogP contribution < -0.4 is 0 Å². The molecule has 0 aliphatic carbocycles. The van der Waals surface area contributed by atoms with E-state index >= 15 is 0 Å². The van der Waals surface area contributed by atoms with E-state index in [0.29, 0.717) is 0 Å². The van der Waals surface area contributed by atoms with Crippen molar-refractivity contribution in [3.63, 3.8) is 0 Å². The normalized spacial score (nSPS) is 11.5. The molecule has 0 saturated heterocycles. The maximum absolute atomic E-state index is 2.51. The number of fused-ring (bicyclic) bond motifs is 6. The van der Waals surface area contributed by atoms with Gasteiger partial charge in [-0.2, -0.15) is 0 Å². The fourth-order valence-electron chi connectivity index (χ4n) is 10.7. The predicted molar refractivity (Wildman–Crippen MR) is 288 cm³/mol. The van der Waals surface area contributed by atoms with Crippen LogP contribution in [0.2, 0.25) is 0 Å². The van der Waals surface area contributed by atoms with Crippen molar-refractivity contribution in [2.24, 2.45) is 0 Å². The van der Waals surface area contributed by atoms with Crippen LogP contribution in [0.4, 0.5) is 0 Å². The lowest BCUT2D eigenvalue weighted by molar-refractivity contribution is 1.17. The molecule has 0 aliphatic rings. The molecule has 2 aromatic heterocycles. The summed E-state index contributed by atoms with van der Waals surface area (Å²) in [4.78, 5) is 0. The number of hydrogen-bond acceptors (Lipinski definition) is 0. The number of para-hydroxylation sites is 2. The van der Waals surface area contributed by atoms with E-state index in [1.807, 2.05) is 0 Å². The predicted octanol–water partition coefficient (Wildman–Crippen LogP) is 17.9. The number of nitrogens with zero attached hydrogens (tertiary/aromatic N) is 2. The van der Waals surface area contributed by atoms with Gasteiger partial charge in [0, 0.05) is 38.4 Å². The second-order valence-corrected chi connectivity index (χ2v) is 17.6. The van der Waals surface area contributed by atoms with E-state index in [0.717, 1.165) is 16.9 Å². The van der Waals surface area contributed by atoms with Crippen LogP contribution in [0.5, 0.6) is 0 Å². The van der Waals surface area contributed by atoms with Crippen molar-refractivity contribution >= 4 is 43.6 Å². The van der Waals surface area contributed by atoms with Gasteiger partial charge in [0.1, 0.15) is 0 Å². The highest BCUT2D eigenvalue weighted by atomic mass is 15.0. The Hall–Kier alpha value is -8.98. The highest BCUT2D eigenvalue weighted by Crippen LogP contribution is 2.46. The van der Waals surface area contributed by atoms with E-state index in [-0.39, 0.29) is 0 Å². The van der Waals surface area contributed by atoms with Gasteiger partial charge < -0.3 is 9.13 Å². The molecular formula is C66H44N2. The van der Waals surface area contributed by atoms with Gasteiger partial charge in [-0.15, -0.1) is 0 Å². The second kappa shape index (κ2) is 16.5. The van der Waals surface area contributed by atoms with E-state index in [2.05, 4.69) is 276 Å². The van der Waals surface area contributed by atoms with E-state index < -0.39 is 0 Å². The van der Waals surface area contributed by atoms with Gasteiger partial charge in [0.15, 0.2) is 0 Å². The standard InChI is InChI=1S/C66H44N2/c1-6-21-45(22-7-1)51-42-57(48-27-12-4-13-28-48)66(58(43-51)49-29-14-5-15-30-49)68-62-36-19-17-32-56(62)60-44-52(38-40-64(60)68)67-61-35-18-16-31-55(61)59-41-50(37-39-63(59)67)65-53(46-23-8-2-9-24-46)33-20-34-54(65)47-25-10-3-11-26-47/h1-44H. The minimum atomic E-state index is 1.13.